The Morgan fingerprint density at radius 3 is 2.05 bits per heavy atom. The smallest absolute Gasteiger partial charge is 0.0295 e. The van der Waals surface area contributed by atoms with Crippen molar-refractivity contribution in [3.8, 4) is 0 Å². The lowest BCUT2D eigenvalue weighted by Gasteiger charge is -2.35. The molecule has 1 aliphatic rings. The van der Waals surface area contributed by atoms with E-state index in [1.165, 1.54) is 50.5 Å². The van der Waals surface area contributed by atoms with Crippen LogP contribution < -0.4 is 0 Å². The minimum absolute atomic E-state index is 0.811. The maximum absolute atomic E-state index is 4.11. The normalized spacial score (nSPS) is 24.6. The Balaban J connectivity index is 0.00000154. The summed E-state index contributed by atoms with van der Waals surface area (Å²) < 4.78 is 0. The van der Waals surface area contributed by atoms with Gasteiger partial charge in [-0.15, -0.1) is 6.58 Å². The van der Waals surface area contributed by atoms with Gasteiger partial charge < -0.3 is 0 Å². The Hall–Kier alpha value is -0.260. The van der Waals surface area contributed by atoms with Crippen LogP contribution in [0.2, 0.25) is 0 Å². The second-order valence-electron chi connectivity index (χ2n) is 6.61. The molecule has 114 valence electrons. The second-order valence-corrected chi connectivity index (χ2v) is 6.61. The molecule has 19 heavy (non-hydrogen) atoms. The van der Waals surface area contributed by atoms with Gasteiger partial charge in [0.25, 0.3) is 0 Å². The minimum atomic E-state index is 0.811. The first kappa shape index (κ1) is 18.7. The zero-order chi connectivity index (χ0) is 14.8. The summed E-state index contributed by atoms with van der Waals surface area (Å²) in [6.07, 6.45) is 9.99. The van der Waals surface area contributed by atoms with Crippen molar-refractivity contribution in [2.24, 2.45) is 23.7 Å². The highest BCUT2D eigenvalue weighted by Crippen LogP contribution is 2.39. The van der Waals surface area contributed by atoms with E-state index in [0.29, 0.717) is 0 Å². The molecule has 0 saturated heterocycles. The third-order valence-corrected chi connectivity index (χ3v) is 4.75. The van der Waals surface area contributed by atoms with E-state index < -0.39 is 0 Å². The number of hydrogen-bond donors (Lipinski definition) is 0. The third kappa shape index (κ3) is 7.18. The van der Waals surface area contributed by atoms with Crippen molar-refractivity contribution in [2.75, 3.05) is 0 Å². The lowest BCUT2D eigenvalue weighted by Crippen LogP contribution is -2.23. The Kier molecular flexibility index (Phi) is 10.4. The summed E-state index contributed by atoms with van der Waals surface area (Å²) in [7, 11) is 0. The molecular weight excluding hydrogens is 228 g/mol. The first-order valence-electron chi connectivity index (χ1n) is 8.69. The van der Waals surface area contributed by atoms with Crippen LogP contribution in [0.4, 0.5) is 0 Å². The largest absolute Gasteiger partial charge is 0.100 e. The SMILES string of the molecule is C=C(C)CC(CC1CCCCC1CC)C(C)C.CC. The second kappa shape index (κ2) is 10.5. The number of allylic oxidation sites excluding steroid dienone is 1. The van der Waals surface area contributed by atoms with Crippen molar-refractivity contribution >= 4 is 0 Å². The van der Waals surface area contributed by atoms with Crippen molar-refractivity contribution in [3.05, 3.63) is 12.2 Å². The predicted octanol–water partition coefficient (Wildman–Crippen LogP) is 6.86. The van der Waals surface area contributed by atoms with Crippen molar-refractivity contribution in [1.29, 1.82) is 0 Å². The molecule has 3 atom stereocenters. The lowest BCUT2D eigenvalue weighted by atomic mass is 9.71. The molecule has 0 aromatic heterocycles. The zero-order valence-electron chi connectivity index (χ0n) is 14.5. The highest BCUT2D eigenvalue weighted by molar-refractivity contribution is 4.92. The van der Waals surface area contributed by atoms with Crippen LogP contribution in [-0.2, 0) is 0 Å². The van der Waals surface area contributed by atoms with E-state index >= 15 is 0 Å². The molecule has 0 aromatic rings. The molecule has 0 heteroatoms. The van der Waals surface area contributed by atoms with E-state index in [4.69, 9.17) is 0 Å². The Labute approximate surface area is 123 Å². The minimum Gasteiger partial charge on any atom is -0.100 e. The summed E-state index contributed by atoms with van der Waals surface area (Å²) in [6.45, 7) is 17.5. The third-order valence-electron chi connectivity index (χ3n) is 4.75. The molecule has 0 spiro atoms. The average molecular weight is 267 g/mol. The molecule has 3 unspecified atom stereocenters. The van der Waals surface area contributed by atoms with Crippen LogP contribution in [0.25, 0.3) is 0 Å². The summed E-state index contributed by atoms with van der Waals surface area (Å²) in [5.41, 5.74) is 1.37. The van der Waals surface area contributed by atoms with Crippen molar-refractivity contribution in [3.63, 3.8) is 0 Å². The highest BCUT2D eigenvalue weighted by Gasteiger charge is 2.27. The summed E-state index contributed by atoms with van der Waals surface area (Å²) in [5.74, 6) is 3.69. The molecule has 0 heterocycles. The fraction of sp³-hybridized carbons (Fsp3) is 0.895. The fourth-order valence-electron chi connectivity index (χ4n) is 3.56. The van der Waals surface area contributed by atoms with Gasteiger partial charge in [0.2, 0.25) is 0 Å². The first-order valence-corrected chi connectivity index (χ1v) is 8.69. The molecule has 0 amide bonds. The van der Waals surface area contributed by atoms with Crippen molar-refractivity contribution < 1.29 is 0 Å². The summed E-state index contributed by atoms with van der Waals surface area (Å²) in [6, 6.07) is 0. The summed E-state index contributed by atoms with van der Waals surface area (Å²) in [5, 5.41) is 0. The lowest BCUT2D eigenvalue weighted by molar-refractivity contribution is 0.171. The van der Waals surface area contributed by atoms with Crippen LogP contribution in [0, 0.1) is 23.7 Å². The van der Waals surface area contributed by atoms with Gasteiger partial charge in [-0.1, -0.05) is 72.3 Å². The predicted molar refractivity (Wildman–Crippen MR) is 89.5 cm³/mol. The van der Waals surface area contributed by atoms with Crippen LogP contribution in [-0.4, -0.2) is 0 Å². The maximum Gasteiger partial charge on any atom is -0.0295 e. The summed E-state index contributed by atoms with van der Waals surface area (Å²) in [4.78, 5) is 0. The van der Waals surface area contributed by atoms with Gasteiger partial charge in [-0.2, -0.15) is 0 Å². The van der Waals surface area contributed by atoms with Gasteiger partial charge in [-0.25, -0.2) is 0 Å². The highest BCUT2D eigenvalue weighted by atomic mass is 14.3. The molecule has 1 rings (SSSR count). The summed E-state index contributed by atoms with van der Waals surface area (Å²) >= 11 is 0. The van der Waals surface area contributed by atoms with Crippen LogP contribution >= 0.6 is 0 Å². The first-order chi connectivity index (χ1) is 9.04. The van der Waals surface area contributed by atoms with Crippen LogP contribution in [0.5, 0.6) is 0 Å². The van der Waals surface area contributed by atoms with Gasteiger partial charge in [0.15, 0.2) is 0 Å². The quantitative estimate of drug-likeness (QED) is 0.461. The molecule has 0 aliphatic heterocycles. The fourth-order valence-corrected chi connectivity index (χ4v) is 3.56. The van der Waals surface area contributed by atoms with E-state index in [2.05, 4.69) is 34.3 Å². The van der Waals surface area contributed by atoms with Crippen LogP contribution in [0.15, 0.2) is 12.2 Å². The van der Waals surface area contributed by atoms with Crippen molar-refractivity contribution in [1.82, 2.24) is 0 Å². The van der Waals surface area contributed by atoms with Gasteiger partial charge in [0.1, 0.15) is 0 Å². The molecule has 1 aliphatic carbocycles. The zero-order valence-corrected chi connectivity index (χ0v) is 14.5. The molecule has 1 saturated carbocycles. The van der Waals surface area contributed by atoms with Crippen LogP contribution in [0.1, 0.15) is 86.5 Å². The maximum atomic E-state index is 4.11. The van der Waals surface area contributed by atoms with Gasteiger partial charge in [0, 0.05) is 0 Å². The molecular formula is C19H38. The standard InChI is InChI=1S/C17H32.C2H6/c1-6-15-9-7-8-10-16(15)12-17(14(4)5)11-13(2)3;1-2/h14-17H,2,6-12H2,1,3-5H3;1-2H3. The van der Waals surface area contributed by atoms with Gasteiger partial charge in [0.05, 0.1) is 0 Å². The Bertz CT molecular complexity index is 226. The van der Waals surface area contributed by atoms with Gasteiger partial charge >= 0.3 is 0 Å². The molecule has 0 bridgehead atoms. The van der Waals surface area contributed by atoms with Gasteiger partial charge in [-0.3, -0.25) is 0 Å². The topological polar surface area (TPSA) is 0 Å². The van der Waals surface area contributed by atoms with E-state index in [9.17, 15) is 0 Å². The average Bonchev–Trinajstić information content (AvgIpc) is 2.40. The Morgan fingerprint density at radius 2 is 1.63 bits per heavy atom. The number of hydrogen-bond acceptors (Lipinski definition) is 0. The number of rotatable bonds is 6. The van der Waals surface area contributed by atoms with E-state index in [-0.39, 0.29) is 0 Å². The van der Waals surface area contributed by atoms with E-state index in [1.54, 1.807) is 0 Å². The molecule has 0 radical (unpaired) electrons. The molecule has 0 nitrogen and oxygen atoms in total. The van der Waals surface area contributed by atoms with E-state index in [1.807, 2.05) is 13.8 Å². The van der Waals surface area contributed by atoms with Crippen LogP contribution in [0.3, 0.4) is 0 Å². The molecule has 1 fully saturated rings. The Morgan fingerprint density at radius 1 is 1.11 bits per heavy atom. The monoisotopic (exact) mass is 266 g/mol. The van der Waals surface area contributed by atoms with Gasteiger partial charge in [-0.05, 0) is 43.4 Å². The molecule has 0 N–H and O–H groups in total. The van der Waals surface area contributed by atoms with E-state index in [0.717, 1.165) is 23.7 Å². The molecule has 0 aromatic carbocycles. The van der Waals surface area contributed by atoms with Crippen molar-refractivity contribution in [2.45, 2.75) is 86.5 Å².